The van der Waals surface area contributed by atoms with E-state index in [-0.39, 0.29) is 5.92 Å². The van der Waals surface area contributed by atoms with Crippen molar-refractivity contribution >= 4 is 11.9 Å². The Balaban J connectivity index is 2.56. The number of carbonyl (C=O) groups is 2. The van der Waals surface area contributed by atoms with Crippen LogP contribution in [0.1, 0.15) is 26.7 Å². The lowest BCUT2D eigenvalue weighted by Crippen LogP contribution is -2.51. The lowest BCUT2D eigenvalue weighted by molar-refractivity contribution is -0.147. The van der Waals surface area contributed by atoms with Crippen molar-refractivity contribution in [1.29, 1.82) is 0 Å². The molecule has 3 unspecified atom stereocenters. The molecule has 3 atom stereocenters. The summed E-state index contributed by atoms with van der Waals surface area (Å²) in [5.41, 5.74) is 0. The van der Waals surface area contributed by atoms with Crippen molar-refractivity contribution < 1.29 is 24.2 Å². The predicted octanol–water partition coefficient (Wildman–Crippen LogP) is 0.407. The fourth-order valence-corrected chi connectivity index (χ4v) is 2.01. The molecule has 6 heteroatoms. The summed E-state index contributed by atoms with van der Waals surface area (Å²) in [6.07, 6.45) is 0.937. The van der Waals surface area contributed by atoms with Gasteiger partial charge in [-0.2, -0.15) is 0 Å². The Morgan fingerprint density at radius 1 is 1.56 bits per heavy atom. The van der Waals surface area contributed by atoms with E-state index in [1.807, 2.05) is 0 Å². The number of rotatable bonds is 6. The number of amides is 1. The molecule has 18 heavy (non-hydrogen) atoms. The molecule has 0 aliphatic carbocycles. The maximum Gasteiger partial charge on any atom is 0.326 e. The summed E-state index contributed by atoms with van der Waals surface area (Å²) in [6, 6.07) is -0.902. The van der Waals surface area contributed by atoms with E-state index in [4.69, 9.17) is 9.47 Å². The first-order valence-corrected chi connectivity index (χ1v) is 6.28. The third-order valence-corrected chi connectivity index (χ3v) is 3.02. The van der Waals surface area contributed by atoms with E-state index in [0.717, 1.165) is 12.8 Å². The largest absolute Gasteiger partial charge is 0.480 e. The number of nitrogens with one attached hydrogen (secondary N) is 1. The second kappa shape index (κ2) is 7.33. The zero-order valence-electron chi connectivity index (χ0n) is 10.8. The normalized spacial score (nSPS) is 23.1. The maximum atomic E-state index is 11.8. The van der Waals surface area contributed by atoms with Gasteiger partial charge in [-0.25, -0.2) is 4.79 Å². The van der Waals surface area contributed by atoms with Crippen LogP contribution < -0.4 is 5.32 Å². The van der Waals surface area contributed by atoms with Gasteiger partial charge in [0.1, 0.15) is 12.1 Å². The van der Waals surface area contributed by atoms with Gasteiger partial charge >= 0.3 is 5.97 Å². The Labute approximate surface area is 107 Å². The number of hydrogen-bond donors (Lipinski definition) is 2. The van der Waals surface area contributed by atoms with Crippen LogP contribution in [0.3, 0.4) is 0 Å². The third-order valence-electron chi connectivity index (χ3n) is 3.02. The Hall–Kier alpha value is -1.14. The highest BCUT2D eigenvalue weighted by Gasteiger charge is 2.32. The molecule has 104 valence electrons. The van der Waals surface area contributed by atoms with Gasteiger partial charge in [0.05, 0.1) is 6.61 Å². The van der Waals surface area contributed by atoms with E-state index in [2.05, 4.69) is 5.32 Å². The van der Waals surface area contributed by atoms with Gasteiger partial charge in [-0.15, -0.1) is 0 Å². The molecule has 2 N–H and O–H groups in total. The van der Waals surface area contributed by atoms with E-state index >= 15 is 0 Å². The van der Waals surface area contributed by atoms with Gasteiger partial charge in [0.2, 0.25) is 5.91 Å². The van der Waals surface area contributed by atoms with Gasteiger partial charge in [0.15, 0.2) is 0 Å². The number of carboxylic acid groups (broad SMARTS) is 1. The summed E-state index contributed by atoms with van der Waals surface area (Å²) < 4.78 is 10.4. The Morgan fingerprint density at radius 3 is 2.78 bits per heavy atom. The van der Waals surface area contributed by atoms with Gasteiger partial charge in [0.25, 0.3) is 0 Å². The Morgan fingerprint density at radius 2 is 2.28 bits per heavy atom. The van der Waals surface area contributed by atoms with Crippen LogP contribution >= 0.6 is 0 Å². The first-order chi connectivity index (χ1) is 8.56. The van der Waals surface area contributed by atoms with E-state index in [1.54, 1.807) is 13.8 Å². The fraction of sp³-hybridized carbons (Fsp3) is 0.833. The maximum absolute atomic E-state index is 11.8. The lowest BCUT2D eigenvalue weighted by atomic mass is 9.93. The van der Waals surface area contributed by atoms with Crippen molar-refractivity contribution in [1.82, 2.24) is 5.32 Å². The molecule has 1 fully saturated rings. The van der Waals surface area contributed by atoms with Crippen molar-refractivity contribution in [3.05, 3.63) is 0 Å². The lowest BCUT2D eigenvalue weighted by Gasteiger charge is -2.28. The fourth-order valence-electron chi connectivity index (χ4n) is 2.01. The molecule has 6 nitrogen and oxygen atoms in total. The summed E-state index contributed by atoms with van der Waals surface area (Å²) in [6.45, 7) is 4.84. The van der Waals surface area contributed by atoms with E-state index in [1.165, 1.54) is 0 Å². The average molecular weight is 259 g/mol. The van der Waals surface area contributed by atoms with E-state index in [9.17, 15) is 14.7 Å². The first kappa shape index (κ1) is 14.9. The van der Waals surface area contributed by atoms with Crippen molar-refractivity contribution in [2.24, 2.45) is 5.92 Å². The molecule has 1 aliphatic heterocycles. The van der Waals surface area contributed by atoms with E-state index in [0.29, 0.717) is 19.8 Å². The topological polar surface area (TPSA) is 84.9 Å². The molecule has 0 aromatic carbocycles. The number of carbonyl (C=O) groups excluding carboxylic acids is 1. The quantitative estimate of drug-likeness (QED) is 0.721. The molecule has 1 amide bonds. The molecule has 1 saturated heterocycles. The van der Waals surface area contributed by atoms with Gasteiger partial charge in [0, 0.05) is 19.1 Å². The monoisotopic (exact) mass is 259 g/mol. The summed E-state index contributed by atoms with van der Waals surface area (Å²) >= 11 is 0. The minimum atomic E-state index is -1.03. The Kier molecular flexibility index (Phi) is 6.07. The van der Waals surface area contributed by atoms with Crippen LogP contribution in [0.5, 0.6) is 0 Å². The minimum Gasteiger partial charge on any atom is -0.480 e. The molecule has 1 heterocycles. The van der Waals surface area contributed by atoms with Crippen LogP contribution in [0.25, 0.3) is 0 Å². The molecule has 0 spiro atoms. The first-order valence-electron chi connectivity index (χ1n) is 6.28. The smallest absolute Gasteiger partial charge is 0.326 e. The summed E-state index contributed by atoms with van der Waals surface area (Å²) in [5.74, 6) is -1.59. The molecular formula is C12H21NO5. The van der Waals surface area contributed by atoms with Crippen molar-refractivity contribution in [3.63, 3.8) is 0 Å². The van der Waals surface area contributed by atoms with Crippen molar-refractivity contribution in [2.75, 3.05) is 19.8 Å². The SMILES string of the molecule is CCOC(C)C(=O)NC(C(=O)O)C1CCCOC1. The molecule has 0 aromatic rings. The molecule has 0 aromatic heterocycles. The number of carboxylic acids is 1. The molecule has 0 bridgehead atoms. The third kappa shape index (κ3) is 4.27. The second-order valence-corrected chi connectivity index (χ2v) is 4.40. The van der Waals surface area contributed by atoms with Crippen LogP contribution in [0.2, 0.25) is 0 Å². The molecule has 0 radical (unpaired) electrons. The van der Waals surface area contributed by atoms with Gasteiger partial charge in [-0.05, 0) is 26.7 Å². The zero-order chi connectivity index (χ0) is 13.5. The van der Waals surface area contributed by atoms with Crippen LogP contribution in [0.4, 0.5) is 0 Å². The minimum absolute atomic E-state index is 0.172. The highest BCUT2D eigenvalue weighted by Crippen LogP contribution is 2.18. The summed E-state index contributed by atoms with van der Waals surface area (Å²) in [7, 11) is 0. The standard InChI is InChI=1S/C12H21NO5/c1-3-18-8(2)11(14)13-10(12(15)16)9-5-4-6-17-7-9/h8-10H,3-7H2,1-2H3,(H,13,14)(H,15,16). The molecule has 0 saturated carbocycles. The predicted molar refractivity (Wildman–Crippen MR) is 64.2 cm³/mol. The highest BCUT2D eigenvalue weighted by atomic mass is 16.5. The number of hydrogen-bond acceptors (Lipinski definition) is 4. The van der Waals surface area contributed by atoms with Crippen LogP contribution in [0, 0.1) is 5.92 Å². The number of ether oxygens (including phenoxy) is 2. The van der Waals surface area contributed by atoms with Crippen LogP contribution in [-0.2, 0) is 19.1 Å². The van der Waals surface area contributed by atoms with Gasteiger partial charge in [-0.1, -0.05) is 0 Å². The zero-order valence-corrected chi connectivity index (χ0v) is 10.8. The second-order valence-electron chi connectivity index (χ2n) is 4.40. The Bertz CT molecular complexity index is 288. The van der Waals surface area contributed by atoms with Crippen LogP contribution in [-0.4, -0.2) is 48.9 Å². The number of aliphatic carboxylic acids is 1. The summed E-state index contributed by atoms with van der Waals surface area (Å²) in [5, 5.41) is 11.7. The average Bonchev–Trinajstić information content (AvgIpc) is 2.36. The van der Waals surface area contributed by atoms with E-state index < -0.39 is 24.0 Å². The van der Waals surface area contributed by atoms with Gasteiger partial charge < -0.3 is 19.9 Å². The van der Waals surface area contributed by atoms with Crippen molar-refractivity contribution in [3.8, 4) is 0 Å². The van der Waals surface area contributed by atoms with Crippen LogP contribution in [0.15, 0.2) is 0 Å². The molecule has 1 rings (SSSR count). The molecular weight excluding hydrogens is 238 g/mol. The van der Waals surface area contributed by atoms with Crippen molar-refractivity contribution in [2.45, 2.75) is 38.8 Å². The highest BCUT2D eigenvalue weighted by molar-refractivity contribution is 5.86. The van der Waals surface area contributed by atoms with Gasteiger partial charge in [-0.3, -0.25) is 4.79 Å². The summed E-state index contributed by atoms with van der Waals surface area (Å²) in [4.78, 5) is 23.0. The molecule has 1 aliphatic rings.